The topological polar surface area (TPSA) is 30.2 Å². The van der Waals surface area contributed by atoms with Gasteiger partial charge in [-0.15, -0.1) is 0 Å². The second-order valence-electron chi connectivity index (χ2n) is 4.26. The largest absolute Gasteiger partial charge is 0.423 e. The van der Waals surface area contributed by atoms with E-state index in [-0.39, 0.29) is 5.63 Å². The van der Waals surface area contributed by atoms with E-state index in [4.69, 9.17) is 4.42 Å². The van der Waals surface area contributed by atoms with E-state index in [1.807, 2.05) is 66.7 Å². The van der Waals surface area contributed by atoms with Gasteiger partial charge in [-0.2, -0.15) is 0 Å². The van der Waals surface area contributed by atoms with Gasteiger partial charge >= 0.3 is 5.63 Å². The lowest BCUT2D eigenvalue weighted by atomic mass is 10.0. The molecule has 2 nitrogen and oxygen atoms in total. The maximum atomic E-state index is 11.7. The first-order chi connectivity index (χ1) is 9.33. The molecule has 0 aliphatic carbocycles. The third-order valence-electron chi connectivity index (χ3n) is 2.94. The molecule has 1 aromatic heterocycles. The Bertz CT molecular complexity index is 667. The van der Waals surface area contributed by atoms with Crippen LogP contribution in [0.1, 0.15) is 0 Å². The van der Waals surface area contributed by atoms with Crippen molar-refractivity contribution < 1.29 is 4.42 Å². The van der Waals surface area contributed by atoms with Crippen LogP contribution in [0.4, 0.5) is 0 Å². The molecule has 0 N–H and O–H groups in total. The Balaban J connectivity index is 2.15. The molecule has 3 rings (SSSR count). The fourth-order valence-corrected chi connectivity index (χ4v) is 2.02. The molecule has 19 heavy (non-hydrogen) atoms. The second kappa shape index (κ2) is 4.94. The van der Waals surface area contributed by atoms with Crippen molar-refractivity contribution in [3.05, 3.63) is 83.2 Å². The molecule has 3 aromatic rings. The van der Waals surface area contributed by atoms with Crippen molar-refractivity contribution in [3.8, 4) is 22.5 Å². The van der Waals surface area contributed by atoms with E-state index < -0.39 is 0 Å². The summed E-state index contributed by atoms with van der Waals surface area (Å²) in [6.45, 7) is 0. The number of hydrogen-bond acceptors (Lipinski definition) is 2. The Morgan fingerprint density at radius 2 is 1.21 bits per heavy atom. The Hall–Kier alpha value is -2.61. The van der Waals surface area contributed by atoms with Crippen molar-refractivity contribution in [2.45, 2.75) is 0 Å². The summed E-state index contributed by atoms with van der Waals surface area (Å²) in [6.07, 6.45) is 0. The van der Waals surface area contributed by atoms with E-state index in [9.17, 15) is 4.79 Å². The highest BCUT2D eigenvalue weighted by Gasteiger charge is 2.05. The summed E-state index contributed by atoms with van der Waals surface area (Å²) in [7, 11) is 0. The first-order valence-electron chi connectivity index (χ1n) is 6.09. The van der Waals surface area contributed by atoms with Gasteiger partial charge < -0.3 is 4.42 Å². The zero-order chi connectivity index (χ0) is 13.1. The van der Waals surface area contributed by atoms with Crippen LogP contribution >= 0.6 is 0 Å². The molecule has 0 spiro atoms. The first-order valence-corrected chi connectivity index (χ1v) is 6.09. The van der Waals surface area contributed by atoms with Gasteiger partial charge in [-0.05, 0) is 17.2 Å². The Morgan fingerprint density at radius 1 is 0.632 bits per heavy atom. The number of rotatable bonds is 2. The van der Waals surface area contributed by atoms with Crippen LogP contribution in [-0.2, 0) is 0 Å². The quantitative estimate of drug-likeness (QED) is 0.644. The van der Waals surface area contributed by atoms with E-state index >= 15 is 0 Å². The highest BCUT2D eigenvalue weighted by atomic mass is 18.1. The van der Waals surface area contributed by atoms with E-state index in [1.54, 1.807) is 0 Å². The summed E-state index contributed by atoms with van der Waals surface area (Å²) in [4.78, 5) is 11.7. The highest BCUT2D eigenvalue weighted by molar-refractivity contribution is 5.68. The van der Waals surface area contributed by atoms with Crippen molar-refractivity contribution in [2.24, 2.45) is 0 Å². The zero-order valence-electron chi connectivity index (χ0n) is 10.2. The third-order valence-corrected chi connectivity index (χ3v) is 2.94. The maximum absolute atomic E-state index is 11.7. The van der Waals surface area contributed by atoms with Crippen LogP contribution in [0.5, 0.6) is 0 Å². The van der Waals surface area contributed by atoms with Gasteiger partial charge in [0.25, 0.3) is 0 Å². The molecule has 0 atom stereocenters. The van der Waals surface area contributed by atoms with Gasteiger partial charge in [-0.25, -0.2) is 4.79 Å². The molecule has 2 aromatic carbocycles. The average Bonchev–Trinajstić information content (AvgIpc) is 2.48. The molecule has 0 aliphatic heterocycles. The fourth-order valence-electron chi connectivity index (χ4n) is 2.02. The monoisotopic (exact) mass is 250 g/mol. The molecular formula is C17H12O2. The van der Waals surface area contributed by atoms with Gasteiger partial charge in [0, 0.05) is 11.6 Å². The van der Waals surface area contributed by atoms with Gasteiger partial charge in [0.1, 0.15) is 5.76 Å². The van der Waals surface area contributed by atoms with Crippen LogP contribution in [0.25, 0.3) is 22.5 Å². The van der Waals surface area contributed by atoms with Crippen molar-refractivity contribution in [3.63, 3.8) is 0 Å². The molecule has 0 bridgehead atoms. The first kappa shape index (κ1) is 11.5. The second-order valence-corrected chi connectivity index (χ2v) is 4.26. The maximum Gasteiger partial charge on any atom is 0.336 e. The Labute approximate surface area is 111 Å². The molecule has 0 fully saturated rings. The normalized spacial score (nSPS) is 10.3. The van der Waals surface area contributed by atoms with Crippen molar-refractivity contribution in [2.75, 3.05) is 0 Å². The molecule has 92 valence electrons. The lowest BCUT2D eigenvalue weighted by molar-refractivity contribution is 0.526. The lowest BCUT2D eigenvalue weighted by Crippen LogP contribution is -1.98. The van der Waals surface area contributed by atoms with Crippen LogP contribution in [-0.4, -0.2) is 0 Å². The van der Waals surface area contributed by atoms with Crippen LogP contribution in [0, 0.1) is 0 Å². The minimum atomic E-state index is -0.333. The smallest absolute Gasteiger partial charge is 0.336 e. The lowest BCUT2D eigenvalue weighted by Gasteiger charge is -2.04. The molecule has 1 heterocycles. The molecule has 0 radical (unpaired) electrons. The van der Waals surface area contributed by atoms with Crippen LogP contribution in [0.3, 0.4) is 0 Å². The van der Waals surface area contributed by atoms with Gasteiger partial charge in [0.2, 0.25) is 0 Å². The van der Waals surface area contributed by atoms with Gasteiger partial charge in [0.05, 0.1) is 0 Å². The average molecular weight is 250 g/mol. The van der Waals surface area contributed by atoms with E-state index in [0.717, 1.165) is 16.7 Å². The number of benzene rings is 2. The van der Waals surface area contributed by atoms with E-state index in [2.05, 4.69) is 0 Å². The van der Waals surface area contributed by atoms with Crippen molar-refractivity contribution in [1.82, 2.24) is 0 Å². The minimum absolute atomic E-state index is 0.333. The van der Waals surface area contributed by atoms with E-state index in [0.29, 0.717) is 5.76 Å². The summed E-state index contributed by atoms with van der Waals surface area (Å²) < 4.78 is 5.27. The fraction of sp³-hybridized carbons (Fsp3) is 0. The SMILES string of the molecule is [18O]=c1cc(-c2ccccc2)cc(-c2ccccc2)o1. The summed E-state index contributed by atoms with van der Waals surface area (Å²) in [5.74, 6) is 0.590. The van der Waals surface area contributed by atoms with Gasteiger partial charge in [-0.1, -0.05) is 60.7 Å². The molecule has 0 saturated carbocycles. The molecular weight excluding hydrogens is 238 g/mol. The standard InChI is InChI=1S/C17H12O2/c18-17-12-15(13-7-3-1-4-8-13)11-16(19-17)14-9-5-2-6-10-14/h1-12H/i18+2. The van der Waals surface area contributed by atoms with Crippen LogP contribution in [0.15, 0.2) is 82.0 Å². The van der Waals surface area contributed by atoms with Crippen LogP contribution < -0.4 is 5.63 Å². The Morgan fingerprint density at radius 3 is 1.84 bits per heavy atom. The molecule has 2 heteroatoms. The van der Waals surface area contributed by atoms with Gasteiger partial charge in [0.15, 0.2) is 0 Å². The van der Waals surface area contributed by atoms with Crippen molar-refractivity contribution in [1.29, 1.82) is 0 Å². The molecule has 0 saturated heterocycles. The predicted octanol–water partition coefficient (Wildman–Crippen LogP) is 3.97. The third kappa shape index (κ3) is 2.47. The summed E-state index contributed by atoms with van der Waals surface area (Å²) in [6, 6.07) is 22.8. The Kier molecular flexibility index (Phi) is 2.99. The van der Waals surface area contributed by atoms with Crippen LogP contribution in [0.2, 0.25) is 0 Å². The van der Waals surface area contributed by atoms with Gasteiger partial charge in [-0.3, -0.25) is 0 Å². The van der Waals surface area contributed by atoms with E-state index in [1.165, 1.54) is 6.07 Å². The summed E-state index contributed by atoms with van der Waals surface area (Å²) in [5, 5.41) is 0. The highest BCUT2D eigenvalue weighted by Crippen LogP contribution is 2.24. The molecule has 0 unspecified atom stereocenters. The molecule has 0 amide bonds. The van der Waals surface area contributed by atoms with Crippen molar-refractivity contribution >= 4 is 0 Å². The summed E-state index contributed by atoms with van der Waals surface area (Å²) in [5.41, 5.74) is 2.45. The number of hydrogen-bond donors (Lipinski definition) is 0. The molecule has 0 aliphatic rings. The predicted molar refractivity (Wildman–Crippen MR) is 75.9 cm³/mol. The minimum Gasteiger partial charge on any atom is -0.423 e. The summed E-state index contributed by atoms with van der Waals surface area (Å²) >= 11 is 0. The zero-order valence-corrected chi connectivity index (χ0v) is 10.2.